The zero-order valence-electron chi connectivity index (χ0n) is 12.5. The average molecular weight is 304 g/mol. The van der Waals surface area contributed by atoms with Crippen LogP contribution in [0.15, 0.2) is 24.3 Å². The Morgan fingerprint density at radius 1 is 1.14 bits per heavy atom. The quantitative estimate of drug-likeness (QED) is 0.785. The number of carbonyl (C=O) groups is 3. The minimum absolute atomic E-state index is 0.127. The molecule has 0 radical (unpaired) electrons. The lowest BCUT2D eigenvalue weighted by Crippen LogP contribution is -2.46. The van der Waals surface area contributed by atoms with Gasteiger partial charge in [-0.3, -0.25) is 9.59 Å². The maximum absolute atomic E-state index is 12.2. The summed E-state index contributed by atoms with van der Waals surface area (Å²) in [6.07, 6.45) is 1.50. The van der Waals surface area contributed by atoms with Crippen LogP contribution in [-0.2, 0) is 9.59 Å². The van der Waals surface area contributed by atoms with Gasteiger partial charge in [0, 0.05) is 31.4 Å². The van der Waals surface area contributed by atoms with Crippen molar-refractivity contribution in [1.82, 2.24) is 4.90 Å². The maximum Gasteiger partial charge on any atom is 0.314 e. The van der Waals surface area contributed by atoms with Crippen LogP contribution >= 0.6 is 0 Å². The molecule has 0 bridgehead atoms. The molecule has 4 amide bonds. The second-order valence-electron chi connectivity index (χ2n) is 5.37. The number of hydrogen-bond acceptors (Lipinski definition) is 3. The van der Waals surface area contributed by atoms with E-state index in [2.05, 4.69) is 10.6 Å². The topological polar surface area (TPSA) is 105 Å². The van der Waals surface area contributed by atoms with Crippen molar-refractivity contribution in [2.24, 2.45) is 11.7 Å². The number of likely N-dealkylation sites (tertiary alicyclic amines) is 1. The summed E-state index contributed by atoms with van der Waals surface area (Å²) < 4.78 is 0. The van der Waals surface area contributed by atoms with E-state index in [-0.39, 0.29) is 17.7 Å². The summed E-state index contributed by atoms with van der Waals surface area (Å²) >= 11 is 0. The lowest BCUT2D eigenvalue weighted by atomic mass is 9.97. The Morgan fingerprint density at radius 3 is 2.27 bits per heavy atom. The molecule has 0 spiro atoms. The van der Waals surface area contributed by atoms with Crippen molar-refractivity contribution in [2.75, 3.05) is 23.7 Å². The number of benzene rings is 1. The van der Waals surface area contributed by atoms with Crippen molar-refractivity contribution >= 4 is 29.2 Å². The van der Waals surface area contributed by atoms with Gasteiger partial charge in [0.05, 0.1) is 5.92 Å². The summed E-state index contributed by atoms with van der Waals surface area (Å²) in [4.78, 5) is 35.9. The van der Waals surface area contributed by atoms with Gasteiger partial charge in [-0.15, -0.1) is 0 Å². The third kappa shape index (κ3) is 4.21. The number of primary amides is 1. The lowest BCUT2D eigenvalue weighted by Gasteiger charge is -2.30. The molecular formula is C15H20N4O3. The number of nitrogens with one attached hydrogen (secondary N) is 2. The average Bonchev–Trinajstić information content (AvgIpc) is 2.49. The molecule has 1 aromatic rings. The Kier molecular flexibility index (Phi) is 4.98. The number of nitrogens with zero attached hydrogens (tertiary/aromatic N) is 1. The molecule has 1 atom stereocenters. The number of anilines is 2. The highest BCUT2D eigenvalue weighted by atomic mass is 16.2. The number of rotatable bonds is 3. The molecule has 1 saturated heterocycles. The molecular weight excluding hydrogens is 284 g/mol. The summed E-state index contributed by atoms with van der Waals surface area (Å²) in [6.45, 7) is 2.39. The van der Waals surface area contributed by atoms with Crippen molar-refractivity contribution in [3.05, 3.63) is 24.3 Å². The number of piperidine rings is 1. The first-order valence-electron chi connectivity index (χ1n) is 7.18. The van der Waals surface area contributed by atoms with Crippen molar-refractivity contribution in [1.29, 1.82) is 0 Å². The largest absolute Gasteiger partial charge is 0.351 e. The monoisotopic (exact) mass is 304 g/mol. The van der Waals surface area contributed by atoms with Crippen LogP contribution in [0.25, 0.3) is 0 Å². The molecule has 1 heterocycles. The van der Waals surface area contributed by atoms with E-state index in [4.69, 9.17) is 5.73 Å². The smallest absolute Gasteiger partial charge is 0.314 e. The summed E-state index contributed by atoms with van der Waals surface area (Å²) in [6, 6.07) is 6.38. The Labute approximate surface area is 128 Å². The van der Waals surface area contributed by atoms with Gasteiger partial charge in [-0.1, -0.05) is 0 Å². The van der Waals surface area contributed by atoms with Crippen molar-refractivity contribution < 1.29 is 14.4 Å². The van der Waals surface area contributed by atoms with E-state index in [0.29, 0.717) is 24.5 Å². The third-order valence-electron chi connectivity index (χ3n) is 3.58. The molecule has 4 N–H and O–H groups in total. The highest BCUT2D eigenvalue weighted by Crippen LogP contribution is 2.19. The van der Waals surface area contributed by atoms with Crippen LogP contribution < -0.4 is 16.4 Å². The van der Waals surface area contributed by atoms with Gasteiger partial charge in [-0.2, -0.15) is 0 Å². The molecule has 1 aliphatic rings. The van der Waals surface area contributed by atoms with E-state index in [9.17, 15) is 14.4 Å². The number of hydrogen-bond donors (Lipinski definition) is 3. The molecule has 22 heavy (non-hydrogen) atoms. The molecule has 0 saturated carbocycles. The van der Waals surface area contributed by atoms with Crippen LogP contribution in [0.5, 0.6) is 0 Å². The van der Waals surface area contributed by atoms with Gasteiger partial charge in [0.15, 0.2) is 0 Å². The van der Waals surface area contributed by atoms with Gasteiger partial charge in [0.1, 0.15) is 0 Å². The number of nitrogens with two attached hydrogens (primary N) is 1. The summed E-state index contributed by atoms with van der Waals surface area (Å²) in [5.74, 6) is -0.528. The van der Waals surface area contributed by atoms with E-state index in [1.807, 2.05) is 0 Å². The number of carbonyl (C=O) groups excluding carboxylic acids is 3. The standard InChI is InChI=1S/C15H20N4O3/c1-10(20)17-12-4-6-13(7-5-12)18-14(21)11-3-2-8-19(9-11)15(16)22/h4-7,11H,2-3,8-9H2,1H3,(H2,16,22)(H,17,20)(H,18,21)/t11-/m0/s1. The summed E-state index contributed by atoms with van der Waals surface area (Å²) in [7, 11) is 0. The Balaban J connectivity index is 1.93. The zero-order chi connectivity index (χ0) is 16.1. The molecule has 0 aromatic heterocycles. The first kappa shape index (κ1) is 15.8. The van der Waals surface area contributed by atoms with Crippen molar-refractivity contribution in [3.63, 3.8) is 0 Å². The zero-order valence-corrected chi connectivity index (χ0v) is 12.5. The van der Waals surface area contributed by atoms with Crippen LogP contribution in [0, 0.1) is 5.92 Å². The van der Waals surface area contributed by atoms with Crippen LogP contribution in [0.1, 0.15) is 19.8 Å². The van der Waals surface area contributed by atoms with Gasteiger partial charge >= 0.3 is 6.03 Å². The van der Waals surface area contributed by atoms with Gasteiger partial charge < -0.3 is 21.3 Å². The second kappa shape index (κ2) is 6.93. The fourth-order valence-corrected chi connectivity index (χ4v) is 2.48. The molecule has 7 nitrogen and oxygen atoms in total. The fraction of sp³-hybridized carbons (Fsp3) is 0.400. The minimum atomic E-state index is -0.489. The normalized spacial score (nSPS) is 17.7. The van der Waals surface area contributed by atoms with Crippen LogP contribution in [0.2, 0.25) is 0 Å². The number of amides is 4. The number of urea groups is 1. The predicted molar refractivity (Wildman–Crippen MR) is 83.3 cm³/mol. The first-order valence-corrected chi connectivity index (χ1v) is 7.18. The van der Waals surface area contributed by atoms with Gasteiger partial charge in [0.2, 0.25) is 11.8 Å². The lowest BCUT2D eigenvalue weighted by molar-refractivity contribution is -0.121. The highest BCUT2D eigenvalue weighted by molar-refractivity contribution is 5.94. The Bertz CT molecular complexity index is 571. The van der Waals surface area contributed by atoms with Crippen LogP contribution in [0.3, 0.4) is 0 Å². The SMILES string of the molecule is CC(=O)Nc1ccc(NC(=O)[C@H]2CCCN(C(N)=O)C2)cc1. The Hall–Kier alpha value is -2.57. The first-order chi connectivity index (χ1) is 10.5. The van der Waals surface area contributed by atoms with Crippen LogP contribution in [-0.4, -0.2) is 35.8 Å². The predicted octanol–water partition coefficient (Wildman–Crippen LogP) is 1.37. The molecule has 1 aliphatic heterocycles. The fourth-order valence-electron chi connectivity index (χ4n) is 2.48. The van der Waals surface area contributed by atoms with E-state index in [0.717, 1.165) is 12.8 Å². The van der Waals surface area contributed by atoms with Gasteiger partial charge in [0.25, 0.3) is 0 Å². The maximum atomic E-state index is 12.2. The molecule has 1 aromatic carbocycles. The van der Waals surface area contributed by atoms with Crippen molar-refractivity contribution in [2.45, 2.75) is 19.8 Å². The van der Waals surface area contributed by atoms with E-state index in [1.165, 1.54) is 11.8 Å². The van der Waals surface area contributed by atoms with E-state index < -0.39 is 6.03 Å². The summed E-state index contributed by atoms with van der Waals surface area (Å²) in [5.41, 5.74) is 6.58. The molecule has 0 unspecified atom stereocenters. The molecule has 1 fully saturated rings. The second-order valence-corrected chi connectivity index (χ2v) is 5.37. The summed E-state index contributed by atoms with van der Waals surface area (Å²) in [5, 5.41) is 5.48. The minimum Gasteiger partial charge on any atom is -0.351 e. The molecule has 7 heteroatoms. The highest BCUT2D eigenvalue weighted by Gasteiger charge is 2.27. The van der Waals surface area contributed by atoms with E-state index >= 15 is 0 Å². The molecule has 2 rings (SSSR count). The molecule has 0 aliphatic carbocycles. The molecule has 118 valence electrons. The van der Waals surface area contributed by atoms with Crippen molar-refractivity contribution in [3.8, 4) is 0 Å². The Morgan fingerprint density at radius 2 is 1.73 bits per heavy atom. The van der Waals surface area contributed by atoms with E-state index in [1.54, 1.807) is 24.3 Å². The third-order valence-corrected chi connectivity index (χ3v) is 3.58. The van der Waals surface area contributed by atoms with Gasteiger partial charge in [-0.05, 0) is 37.1 Å². The van der Waals surface area contributed by atoms with Crippen LogP contribution in [0.4, 0.5) is 16.2 Å². The van der Waals surface area contributed by atoms with Gasteiger partial charge in [-0.25, -0.2) is 4.79 Å².